The Kier molecular flexibility index (Phi) is 5.93. The molecule has 26 heavy (non-hydrogen) atoms. The van der Waals surface area contributed by atoms with Crippen molar-refractivity contribution in [3.05, 3.63) is 70.3 Å². The fourth-order valence-electron chi connectivity index (χ4n) is 2.11. The summed E-state index contributed by atoms with van der Waals surface area (Å²) in [5.74, 6) is -0.623. The van der Waals surface area contributed by atoms with Crippen LogP contribution in [0.25, 0.3) is 10.7 Å². The highest BCUT2D eigenvalue weighted by Crippen LogP contribution is 2.21. The van der Waals surface area contributed by atoms with Gasteiger partial charge < -0.3 is 10.6 Å². The van der Waals surface area contributed by atoms with Gasteiger partial charge in [-0.2, -0.15) is 0 Å². The van der Waals surface area contributed by atoms with Crippen LogP contribution < -0.4 is 10.6 Å². The molecule has 0 radical (unpaired) electrons. The second-order valence-electron chi connectivity index (χ2n) is 5.33. The highest BCUT2D eigenvalue weighted by Gasteiger charge is 2.09. The maximum atomic E-state index is 11.9. The molecule has 0 unspecified atom stereocenters. The first kappa shape index (κ1) is 18.0. The molecule has 0 atom stereocenters. The highest BCUT2D eigenvalue weighted by molar-refractivity contribution is 7.13. The van der Waals surface area contributed by atoms with E-state index in [0.717, 1.165) is 16.4 Å². The number of carbonyl (C=O) groups is 2. The monoisotopic (exact) mass is 386 g/mol. The molecule has 3 rings (SSSR count). The minimum absolute atomic E-state index is 0.112. The molecule has 0 spiro atoms. The van der Waals surface area contributed by atoms with E-state index in [1.54, 1.807) is 30.5 Å². The van der Waals surface area contributed by atoms with Crippen LogP contribution in [0.1, 0.15) is 16.1 Å². The Morgan fingerprint density at radius 3 is 2.62 bits per heavy atom. The van der Waals surface area contributed by atoms with E-state index < -0.39 is 0 Å². The quantitative estimate of drug-likeness (QED) is 0.682. The summed E-state index contributed by atoms with van der Waals surface area (Å²) in [5.41, 5.74) is 1.99. The van der Waals surface area contributed by atoms with Gasteiger partial charge >= 0.3 is 0 Å². The summed E-state index contributed by atoms with van der Waals surface area (Å²) in [7, 11) is 0. The van der Waals surface area contributed by atoms with Gasteiger partial charge in [0.2, 0.25) is 5.91 Å². The van der Waals surface area contributed by atoms with Crippen LogP contribution in [0.4, 0.5) is 0 Å². The molecule has 0 saturated carbocycles. The minimum Gasteiger partial charge on any atom is -0.349 e. The smallest absolute Gasteiger partial charge is 0.251 e. The predicted molar refractivity (Wildman–Crippen MR) is 101 cm³/mol. The van der Waals surface area contributed by atoms with Crippen molar-refractivity contribution >= 4 is 34.8 Å². The van der Waals surface area contributed by atoms with E-state index in [0.29, 0.717) is 17.1 Å². The number of halogens is 1. The number of benzene rings is 1. The van der Waals surface area contributed by atoms with Crippen LogP contribution in [-0.2, 0) is 11.3 Å². The number of thiazole rings is 1. The molecular formula is C18H15ClN4O2S. The zero-order chi connectivity index (χ0) is 18.4. The van der Waals surface area contributed by atoms with Crippen molar-refractivity contribution in [2.45, 2.75) is 6.54 Å². The Hall–Kier alpha value is -2.77. The van der Waals surface area contributed by atoms with E-state index in [2.05, 4.69) is 20.6 Å². The first-order valence-electron chi connectivity index (χ1n) is 7.78. The largest absolute Gasteiger partial charge is 0.349 e. The Bertz CT molecular complexity index is 897. The Morgan fingerprint density at radius 1 is 1.08 bits per heavy atom. The van der Waals surface area contributed by atoms with Gasteiger partial charge in [-0.15, -0.1) is 11.3 Å². The zero-order valence-electron chi connectivity index (χ0n) is 13.6. The van der Waals surface area contributed by atoms with Gasteiger partial charge in [-0.1, -0.05) is 17.7 Å². The fraction of sp³-hybridized carbons (Fsp3) is 0.111. The van der Waals surface area contributed by atoms with Crippen molar-refractivity contribution in [2.75, 3.05) is 6.54 Å². The third kappa shape index (κ3) is 4.87. The molecule has 1 aromatic carbocycles. The van der Waals surface area contributed by atoms with Crippen molar-refractivity contribution in [3.63, 3.8) is 0 Å². The summed E-state index contributed by atoms with van der Waals surface area (Å²) in [5, 5.41) is 8.51. The van der Waals surface area contributed by atoms with Crippen LogP contribution >= 0.6 is 22.9 Å². The summed E-state index contributed by atoms with van der Waals surface area (Å²) >= 11 is 7.24. The van der Waals surface area contributed by atoms with Crippen molar-refractivity contribution in [3.8, 4) is 10.7 Å². The van der Waals surface area contributed by atoms with Crippen LogP contribution in [0.2, 0.25) is 5.02 Å². The van der Waals surface area contributed by atoms with E-state index in [1.807, 2.05) is 23.6 Å². The lowest BCUT2D eigenvalue weighted by atomic mass is 10.2. The average molecular weight is 387 g/mol. The van der Waals surface area contributed by atoms with Gasteiger partial charge in [-0.3, -0.25) is 14.6 Å². The second-order valence-corrected chi connectivity index (χ2v) is 6.62. The van der Waals surface area contributed by atoms with Gasteiger partial charge in [0.15, 0.2) is 0 Å². The summed E-state index contributed by atoms with van der Waals surface area (Å²) < 4.78 is 0. The van der Waals surface area contributed by atoms with Gasteiger partial charge in [-0.25, -0.2) is 4.98 Å². The second kappa shape index (κ2) is 8.55. The van der Waals surface area contributed by atoms with E-state index >= 15 is 0 Å². The fourth-order valence-corrected chi connectivity index (χ4v) is 3.03. The van der Waals surface area contributed by atoms with E-state index in [1.165, 1.54) is 11.3 Å². The zero-order valence-corrected chi connectivity index (χ0v) is 15.2. The molecular weight excluding hydrogens is 372 g/mol. The van der Waals surface area contributed by atoms with Crippen LogP contribution in [-0.4, -0.2) is 28.3 Å². The molecule has 2 N–H and O–H groups in total. The Balaban J connectivity index is 1.46. The van der Waals surface area contributed by atoms with Gasteiger partial charge in [0.25, 0.3) is 5.91 Å². The molecule has 3 aromatic rings. The lowest BCUT2D eigenvalue weighted by molar-refractivity contribution is -0.120. The molecule has 2 heterocycles. The predicted octanol–water partition coefficient (Wildman–Crippen LogP) is 2.90. The number of pyridine rings is 1. The molecule has 2 aromatic heterocycles. The molecule has 132 valence electrons. The summed E-state index contributed by atoms with van der Waals surface area (Å²) in [4.78, 5) is 32.5. The summed E-state index contributed by atoms with van der Waals surface area (Å²) in [6.45, 7) is 0.178. The first-order valence-corrected chi connectivity index (χ1v) is 9.04. The number of amides is 2. The molecule has 0 aliphatic carbocycles. The molecule has 8 heteroatoms. The lowest BCUT2D eigenvalue weighted by Gasteiger charge is -2.06. The molecule has 0 saturated heterocycles. The number of nitrogens with zero attached hydrogens (tertiary/aromatic N) is 2. The molecule has 0 fully saturated rings. The van der Waals surface area contributed by atoms with E-state index in [-0.39, 0.29) is 18.4 Å². The normalized spacial score (nSPS) is 10.3. The maximum absolute atomic E-state index is 11.9. The Morgan fingerprint density at radius 2 is 1.88 bits per heavy atom. The van der Waals surface area contributed by atoms with Gasteiger partial charge in [0, 0.05) is 22.2 Å². The van der Waals surface area contributed by atoms with Gasteiger partial charge in [-0.05, 0) is 36.4 Å². The Labute approximate surface area is 159 Å². The third-order valence-corrected chi connectivity index (χ3v) is 4.58. The number of hydrogen-bond donors (Lipinski definition) is 2. The topological polar surface area (TPSA) is 84.0 Å². The van der Waals surface area contributed by atoms with Crippen LogP contribution in [0.5, 0.6) is 0 Å². The first-order chi connectivity index (χ1) is 12.6. The number of carbonyl (C=O) groups excluding carboxylic acids is 2. The molecule has 2 amide bonds. The van der Waals surface area contributed by atoms with Crippen LogP contribution in [0, 0.1) is 0 Å². The molecule has 6 nitrogen and oxygen atoms in total. The van der Waals surface area contributed by atoms with Crippen molar-refractivity contribution < 1.29 is 9.59 Å². The molecule has 0 bridgehead atoms. The van der Waals surface area contributed by atoms with Crippen molar-refractivity contribution in [1.82, 2.24) is 20.6 Å². The summed E-state index contributed by atoms with van der Waals surface area (Å²) in [6, 6.07) is 12.1. The third-order valence-electron chi connectivity index (χ3n) is 3.42. The standard InChI is InChI=1S/C18H15ClN4O2S/c19-13-6-4-12(5-7-13)17(25)22-10-16(24)21-9-14-11-26-18(23-14)15-3-1-2-8-20-15/h1-8,11H,9-10H2,(H,21,24)(H,22,25). The van der Waals surface area contributed by atoms with Crippen LogP contribution in [0.15, 0.2) is 54.0 Å². The van der Waals surface area contributed by atoms with Gasteiger partial charge in [0.05, 0.1) is 24.5 Å². The van der Waals surface area contributed by atoms with Crippen molar-refractivity contribution in [2.24, 2.45) is 0 Å². The van der Waals surface area contributed by atoms with Gasteiger partial charge in [0.1, 0.15) is 5.01 Å². The van der Waals surface area contributed by atoms with Crippen LogP contribution in [0.3, 0.4) is 0 Å². The lowest BCUT2D eigenvalue weighted by Crippen LogP contribution is -2.36. The summed E-state index contributed by atoms with van der Waals surface area (Å²) in [6.07, 6.45) is 1.71. The molecule has 0 aliphatic heterocycles. The van der Waals surface area contributed by atoms with E-state index in [9.17, 15) is 9.59 Å². The molecule has 0 aliphatic rings. The number of hydrogen-bond acceptors (Lipinski definition) is 5. The van der Waals surface area contributed by atoms with E-state index in [4.69, 9.17) is 11.6 Å². The SMILES string of the molecule is O=C(CNC(=O)c1ccc(Cl)cc1)NCc1csc(-c2ccccn2)n1. The number of aromatic nitrogens is 2. The van der Waals surface area contributed by atoms with Crippen molar-refractivity contribution in [1.29, 1.82) is 0 Å². The average Bonchev–Trinajstić information content (AvgIpc) is 3.15. The minimum atomic E-state index is -0.331. The highest BCUT2D eigenvalue weighted by atomic mass is 35.5. The number of rotatable bonds is 6. The maximum Gasteiger partial charge on any atom is 0.251 e. The number of nitrogens with one attached hydrogen (secondary N) is 2.